The predicted molar refractivity (Wildman–Crippen MR) is 67.1 cm³/mol. The second-order valence-electron chi connectivity index (χ2n) is 4.94. The summed E-state index contributed by atoms with van der Waals surface area (Å²) in [6, 6.07) is 8.24. The minimum absolute atomic E-state index is 0.123. The van der Waals surface area contributed by atoms with E-state index >= 15 is 0 Å². The molecule has 0 heterocycles. The van der Waals surface area contributed by atoms with Crippen LogP contribution in [-0.4, -0.2) is 20.3 Å². The van der Waals surface area contributed by atoms with E-state index < -0.39 is 0 Å². The maximum atomic E-state index is 5.79. The molecule has 2 heteroatoms. The second kappa shape index (κ2) is 5.90. The zero-order chi connectivity index (χ0) is 12.0. The molecule has 0 spiro atoms. The van der Waals surface area contributed by atoms with Gasteiger partial charge < -0.3 is 9.47 Å². The Balaban J connectivity index is 2.65. The van der Waals surface area contributed by atoms with Crippen molar-refractivity contribution in [2.24, 2.45) is 0 Å². The Morgan fingerprint density at radius 3 is 2.38 bits per heavy atom. The summed E-state index contributed by atoms with van der Waals surface area (Å²) in [6.07, 6.45) is 0.926. The molecule has 1 rings (SSSR count). The lowest BCUT2D eigenvalue weighted by Gasteiger charge is -2.22. The Morgan fingerprint density at radius 1 is 1.06 bits per heavy atom. The van der Waals surface area contributed by atoms with Crippen LogP contribution in [0, 0.1) is 0 Å². The lowest BCUT2D eigenvalue weighted by atomic mass is 9.86. The van der Waals surface area contributed by atoms with Gasteiger partial charge in [-0.2, -0.15) is 0 Å². The van der Waals surface area contributed by atoms with Crippen LogP contribution in [0.2, 0.25) is 0 Å². The third-order valence-electron chi connectivity index (χ3n) is 2.45. The average molecular weight is 222 g/mol. The van der Waals surface area contributed by atoms with Gasteiger partial charge >= 0.3 is 0 Å². The van der Waals surface area contributed by atoms with Crippen LogP contribution in [0.25, 0.3) is 0 Å². The molecule has 0 fully saturated rings. The van der Waals surface area contributed by atoms with Crippen molar-refractivity contribution in [2.75, 3.05) is 20.3 Å². The van der Waals surface area contributed by atoms with Crippen LogP contribution < -0.4 is 4.74 Å². The molecule has 1 aromatic carbocycles. The lowest BCUT2D eigenvalue weighted by molar-refractivity contribution is 0.171. The second-order valence-corrected chi connectivity index (χ2v) is 4.94. The summed E-state index contributed by atoms with van der Waals surface area (Å²) >= 11 is 0. The summed E-state index contributed by atoms with van der Waals surface area (Å²) in [5.41, 5.74) is 1.38. The van der Waals surface area contributed by atoms with Gasteiger partial charge in [0.1, 0.15) is 5.75 Å². The van der Waals surface area contributed by atoms with Crippen LogP contribution in [0.5, 0.6) is 5.75 Å². The molecular weight excluding hydrogens is 200 g/mol. The van der Waals surface area contributed by atoms with Gasteiger partial charge in [0.15, 0.2) is 0 Å². The number of para-hydroxylation sites is 1. The first-order valence-corrected chi connectivity index (χ1v) is 5.77. The Morgan fingerprint density at radius 2 is 1.75 bits per heavy atom. The van der Waals surface area contributed by atoms with Gasteiger partial charge in [0.05, 0.1) is 6.61 Å². The summed E-state index contributed by atoms with van der Waals surface area (Å²) in [7, 11) is 1.71. The smallest absolute Gasteiger partial charge is 0.123 e. The third kappa shape index (κ3) is 3.86. The molecule has 16 heavy (non-hydrogen) atoms. The standard InChI is InChI=1S/C14H22O2/c1-14(2,3)12-8-5-6-9-13(12)16-11-7-10-15-4/h5-6,8-9H,7,10-11H2,1-4H3. The summed E-state index contributed by atoms with van der Waals surface area (Å²) in [5.74, 6) is 0.992. The van der Waals surface area contributed by atoms with Gasteiger partial charge in [-0.25, -0.2) is 0 Å². The molecule has 0 unspecified atom stereocenters. The molecule has 0 atom stereocenters. The molecule has 0 bridgehead atoms. The summed E-state index contributed by atoms with van der Waals surface area (Å²) in [4.78, 5) is 0. The Labute approximate surface area is 98.6 Å². The number of ether oxygens (including phenoxy) is 2. The number of hydrogen-bond acceptors (Lipinski definition) is 2. The molecule has 0 aliphatic carbocycles. The van der Waals surface area contributed by atoms with Crippen LogP contribution in [0.15, 0.2) is 24.3 Å². The number of methoxy groups -OCH3 is 1. The number of rotatable bonds is 5. The molecule has 90 valence electrons. The first-order chi connectivity index (χ1) is 7.55. The van der Waals surface area contributed by atoms with E-state index in [9.17, 15) is 0 Å². The van der Waals surface area contributed by atoms with E-state index in [1.54, 1.807) is 7.11 Å². The lowest BCUT2D eigenvalue weighted by Crippen LogP contribution is -2.14. The van der Waals surface area contributed by atoms with Gasteiger partial charge in [-0.1, -0.05) is 39.0 Å². The van der Waals surface area contributed by atoms with Gasteiger partial charge in [-0.3, -0.25) is 0 Å². The molecular formula is C14H22O2. The molecule has 1 aromatic rings. The van der Waals surface area contributed by atoms with E-state index in [0.717, 1.165) is 18.8 Å². The van der Waals surface area contributed by atoms with Crippen molar-refractivity contribution in [3.8, 4) is 5.75 Å². The van der Waals surface area contributed by atoms with Crippen molar-refractivity contribution < 1.29 is 9.47 Å². The third-order valence-corrected chi connectivity index (χ3v) is 2.45. The van der Waals surface area contributed by atoms with E-state index in [-0.39, 0.29) is 5.41 Å². The van der Waals surface area contributed by atoms with E-state index in [1.807, 2.05) is 12.1 Å². The van der Waals surface area contributed by atoms with Gasteiger partial charge in [0.2, 0.25) is 0 Å². The van der Waals surface area contributed by atoms with E-state index in [4.69, 9.17) is 9.47 Å². The Kier molecular flexibility index (Phi) is 4.81. The monoisotopic (exact) mass is 222 g/mol. The SMILES string of the molecule is COCCCOc1ccccc1C(C)(C)C. The van der Waals surface area contributed by atoms with Crippen molar-refractivity contribution in [1.82, 2.24) is 0 Å². The first kappa shape index (κ1) is 13.0. The highest BCUT2D eigenvalue weighted by Gasteiger charge is 2.17. The normalized spacial score (nSPS) is 11.5. The predicted octanol–water partition coefficient (Wildman–Crippen LogP) is 3.40. The van der Waals surface area contributed by atoms with Crippen molar-refractivity contribution in [1.29, 1.82) is 0 Å². The molecule has 2 nitrogen and oxygen atoms in total. The number of hydrogen-bond donors (Lipinski definition) is 0. The highest BCUT2D eigenvalue weighted by atomic mass is 16.5. The minimum atomic E-state index is 0.123. The quantitative estimate of drug-likeness (QED) is 0.711. The highest BCUT2D eigenvalue weighted by Crippen LogP contribution is 2.30. The maximum absolute atomic E-state index is 5.79. The molecule has 0 saturated carbocycles. The maximum Gasteiger partial charge on any atom is 0.123 e. The van der Waals surface area contributed by atoms with Crippen molar-refractivity contribution >= 4 is 0 Å². The van der Waals surface area contributed by atoms with E-state index in [1.165, 1.54) is 5.56 Å². The Bertz CT molecular complexity index is 313. The molecule has 0 radical (unpaired) electrons. The molecule has 0 N–H and O–H groups in total. The van der Waals surface area contributed by atoms with Crippen LogP contribution in [0.4, 0.5) is 0 Å². The highest BCUT2D eigenvalue weighted by molar-refractivity contribution is 5.38. The number of benzene rings is 1. The Hall–Kier alpha value is -1.02. The first-order valence-electron chi connectivity index (χ1n) is 5.77. The van der Waals surface area contributed by atoms with Crippen molar-refractivity contribution in [3.05, 3.63) is 29.8 Å². The topological polar surface area (TPSA) is 18.5 Å². The fourth-order valence-corrected chi connectivity index (χ4v) is 1.60. The molecule has 0 aliphatic heterocycles. The van der Waals surface area contributed by atoms with Crippen LogP contribution in [0.1, 0.15) is 32.8 Å². The molecule has 0 aliphatic rings. The van der Waals surface area contributed by atoms with Crippen LogP contribution in [-0.2, 0) is 10.2 Å². The molecule has 0 saturated heterocycles. The van der Waals surface area contributed by atoms with E-state index in [2.05, 4.69) is 32.9 Å². The van der Waals surface area contributed by atoms with Gasteiger partial charge in [-0.15, -0.1) is 0 Å². The van der Waals surface area contributed by atoms with Crippen LogP contribution >= 0.6 is 0 Å². The summed E-state index contributed by atoms with van der Waals surface area (Å²) in [6.45, 7) is 8.05. The van der Waals surface area contributed by atoms with Crippen molar-refractivity contribution in [3.63, 3.8) is 0 Å². The zero-order valence-electron chi connectivity index (χ0n) is 10.7. The average Bonchev–Trinajstić information content (AvgIpc) is 2.24. The molecule has 0 amide bonds. The van der Waals surface area contributed by atoms with Crippen LogP contribution in [0.3, 0.4) is 0 Å². The van der Waals surface area contributed by atoms with Gasteiger partial charge in [0, 0.05) is 20.1 Å². The fraction of sp³-hybridized carbons (Fsp3) is 0.571. The minimum Gasteiger partial charge on any atom is -0.493 e. The molecule has 0 aromatic heterocycles. The fourth-order valence-electron chi connectivity index (χ4n) is 1.60. The largest absolute Gasteiger partial charge is 0.493 e. The van der Waals surface area contributed by atoms with Gasteiger partial charge in [-0.05, 0) is 17.0 Å². The summed E-state index contributed by atoms with van der Waals surface area (Å²) < 4.78 is 10.8. The van der Waals surface area contributed by atoms with Crippen molar-refractivity contribution in [2.45, 2.75) is 32.6 Å². The zero-order valence-corrected chi connectivity index (χ0v) is 10.7. The summed E-state index contributed by atoms with van der Waals surface area (Å²) in [5, 5.41) is 0. The van der Waals surface area contributed by atoms with Gasteiger partial charge in [0.25, 0.3) is 0 Å². The van der Waals surface area contributed by atoms with E-state index in [0.29, 0.717) is 6.61 Å².